The van der Waals surface area contributed by atoms with Crippen LogP contribution < -0.4 is 9.46 Å². The van der Waals surface area contributed by atoms with E-state index in [-0.39, 0.29) is 16.7 Å². The van der Waals surface area contributed by atoms with Gasteiger partial charge < -0.3 is 9.30 Å². The fourth-order valence-electron chi connectivity index (χ4n) is 2.13. The van der Waals surface area contributed by atoms with E-state index in [0.29, 0.717) is 5.82 Å². The second kappa shape index (κ2) is 6.63. The van der Waals surface area contributed by atoms with Gasteiger partial charge in [0.15, 0.2) is 17.4 Å². The van der Waals surface area contributed by atoms with Gasteiger partial charge in [-0.25, -0.2) is 17.5 Å². The molecule has 0 unspecified atom stereocenters. The molecule has 1 heterocycles. The Hall–Kier alpha value is -2.00. The Morgan fingerprint density at radius 2 is 2.00 bits per heavy atom. The van der Waals surface area contributed by atoms with Crippen molar-refractivity contribution in [3.8, 4) is 5.75 Å². The Morgan fingerprint density at radius 3 is 2.57 bits per heavy atom. The van der Waals surface area contributed by atoms with Crippen molar-refractivity contribution in [3.63, 3.8) is 0 Å². The largest absolute Gasteiger partial charge is 0.494 e. The van der Waals surface area contributed by atoms with Gasteiger partial charge in [0, 0.05) is 6.04 Å². The van der Waals surface area contributed by atoms with E-state index in [1.165, 1.54) is 25.6 Å². The molecule has 2 rings (SSSR count). The van der Waals surface area contributed by atoms with Crippen molar-refractivity contribution in [1.29, 1.82) is 0 Å². The summed E-state index contributed by atoms with van der Waals surface area (Å²) in [5, 5.41) is 7.76. The van der Waals surface area contributed by atoms with Crippen LogP contribution in [0.1, 0.15) is 38.7 Å². The number of benzene rings is 1. The van der Waals surface area contributed by atoms with Gasteiger partial charge in [0.1, 0.15) is 6.33 Å². The van der Waals surface area contributed by atoms with Crippen LogP contribution in [0.2, 0.25) is 0 Å². The number of sulfonamides is 1. The quantitative estimate of drug-likeness (QED) is 0.868. The maximum absolute atomic E-state index is 13.7. The average molecular weight is 342 g/mol. The van der Waals surface area contributed by atoms with E-state index in [1.54, 1.807) is 11.5 Å². The van der Waals surface area contributed by atoms with Gasteiger partial charge in [-0.3, -0.25) is 0 Å². The number of hydrogen-bond acceptors (Lipinski definition) is 5. The number of ether oxygens (including phenoxy) is 1. The Kier molecular flexibility index (Phi) is 5.00. The molecule has 0 fully saturated rings. The molecule has 0 bridgehead atoms. The highest BCUT2D eigenvalue weighted by Gasteiger charge is 2.23. The van der Waals surface area contributed by atoms with Crippen molar-refractivity contribution < 1.29 is 17.5 Å². The second-order valence-electron chi connectivity index (χ2n) is 5.33. The topological polar surface area (TPSA) is 86.1 Å². The van der Waals surface area contributed by atoms with Crippen molar-refractivity contribution in [2.75, 3.05) is 7.11 Å². The van der Waals surface area contributed by atoms with Gasteiger partial charge in [0.2, 0.25) is 10.0 Å². The van der Waals surface area contributed by atoms with Crippen molar-refractivity contribution in [2.45, 2.75) is 37.8 Å². The summed E-state index contributed by atoms with van der Waals surface area (Å²) < 4.78 is 47.5. The van der Waals surface area contributed by atoms with Gasteiger partial charge in [-0.2, -0.15) is 0 Å². The molecular weight excluding hydrogens is 323 g/mol. The van der Waals surface area contributed by atoms with Crippen LogP contribution in [0.15, 0.2) is 29.4 Å². The van der Waals surface area contributed by atoms with E-state index in [4.69, 9.17) is 4.74 Å². The number of aromatic nitrogens is 3. The maximum Gasteiger partial charge on any atom is 0.241 e. The first-order valence-electron chi connectivity index (χ1n) is 7.01. The molecule has 0 saturated carbocycles. The third-order valence-corrected chi connectivity index (χ3v) is 4.85. The number of halogens is 1. The Labute approximate surface area is 134 Å². The summed E-state index contributed by atoms with van der Waals surface area (Å²) in [4.78, 5) is -0.182. The molecule has 23 heavy (non-hydrogen) atoms. The molecule has 1 aromatic heterocycles. The summed E-state index contributed by atoms with van der Waals surface area (Å²) in [6, 6.07) is 2.94. The molecule has 7 nitrogen and oxygen atoms in total. The van der Waals surface area contributed by atoms with Gasteiger partial charge in [-0.1, -0.05) is 0 Å². The summed E-state index contributed by atoms with van der Waals surface area (Å²) >= 11 is 0. The van der Waals surface area contributed by atoms with Gasteiger partial charge in [0.25, 0.3) is 0 Å². The van der Waals surface area contributed by atoms with Crippen LogP contribution in [-0.2, 0) is 10.0 Å². The smallest absolute Gasteiger partial charge is 0.241 e. The Bertz CT molecular complexity index is 789. The van der Waals surface area contributed by atoms with Crippen LogP contribution in [0.4, 0.5) is 4.39 Å². The minimum atomic E-state index is -3.90. The van der Waals surface area contributed by atoms with E-state index in [0.717, 1.165) is 6.07 Å². The highest BCUT2D eigenvalue weighted by molar-refractivity contribution is 7.89. The second-order valence-corrected chi connectivity index (χ2v) is 7.04. The summed E-state index contributed by atoms with van der Waals surface area (Å²) in [6.45, 7) is 5.53. The number of nitrogens with zero attached hydrogens (tertiary/aromatic N) is 3. The summed E-state index contributed by atoms with van der Waals surface area (Å²) in [5.41, 5.74) is 0. The first kappa shape index (κ1) is 17.4. The minimum Gasteiger partial charge on any atom is -0.494 e. The van der Waals surface area contributed by atoms with Crippen molar-refractivity contribution in [2.24, 2.45) is 0 Å². The lowest BCUT2D eigenvalue weighted by Gasteiger charge is -2.17. The lowest BCUT2D eigenvalue weighted by molar-refractivity contribution is 0.385. The molecule has 2 aromatic rings. The number of methoxy groups -OCH3 is 1. The van der Waals surface area contributed by atoms with Crippen LogP contribution >= 0.6 is 0 Å². The van der Waals surface area contributed by atoms with Crippen LogP contribution in [0.3, 0.4) is 0 Å². The maximum atomic E-state index is 13.7. The third-order valence-electron chi connectivity index (χ3n) is 3.31. The summed E-state index contributed by atoms with van der Waals surface area (Å²) in [6.07, 6.45) is 1.54. The van der Waals surface area contributed by atoms with E-state index >= 15 is 0 Å². The Balaban J connectivity index is 2.27. The van der Waals surface area contributed by atoms with E-state index < -0.39 is 21.9 Å². The molecule has 1 N–H and O–H groups in total. The number of nitrogens with one attached hydrogen (secondary N) is 1. The number of hydrogen-bond donors (Lipinski definition) is 1. The normalized spacial score (nSPS) is 13.3. The van der Waals surface area contributed by atoms with E-state index in [1.807, 2.05) is 13.8 Å². The predicted molar refractivity (Wildman–Crippen MR) is 82.1 cm³/mol. The fraction of sp³-hybridized carbons (Fsp3) is 0.429. The molecule has 0 saturated heterocycles. The van der Waals surface area contributed by atoms with Gasteiger partial charge in [-0.15, -0.1) is 10.2 Å². The molecule has 9 heteroatoms. The van der Waals surface area contributed by atoms with Gasteiger partial charge in [-0.05, 0) is 39.0 Å². The fourth-order valence-corrected chi connectivity index (χ4v) is 3.34. The molecule has 0 aliphatic rings. The highest BCUT2D eigenvalue weighted by atomic mass is 32.2. The molecule has 0 aliphatic carbocycles. The zero-order valence-electron chi connectivity index (χ0n) is 13.3. The SMILES string of the molecule is COc1ccc(S(=O)(=O)N[C@@H](C)c2nncn2C(C)C)cc1F. The van der Waals surface area contributed by atoms with E-state index in [9.17, 15) is 12.8 Å². The van der Waals surface area contributed by atoms with Crippen molar-refractivity contribution in [3.05, 3.63) is 36.2 Å². The lowest BCUT2D eigenvalue weighted by Crippen LogP contribution is -2.29. The predicted octanol–water partition coefficient (Wildman–Crippen LogP) is 2.05. The summed E-state index contributed by atoms with van der Waals surface area (Å²) in [7, 11) is -2.59. The van der Waals surface area contributed by atoms with Gasteiger partial charge >= 0.3 is 0 Å². The van der Waals surface area contributed by atoms with Crippen LogP contribution in [0.5, 0.6) is 5.75 Å². The zero-order valence-corrected chi connectivity index (χ0v) is 14.1. The van der Waals surface area contributed by atoms with Gasteiger partial charge in [0.05, 0.1) is 18.0 Å². The monoisotopic (exact) mass is 342 g/mol. The molecule has 126 valence electrons. The molecule has 0 radical (unpaired) electrons. The molecule has 0 amide bonds. The molecular formula is C14H19FN4O3S. The molecule has 0 spiro atoms. The zero-order chi connectivity index (χ0) is 17.2. The minimum absolute atomic E-state index is 0.0171. The first-order valence-corrected chi connectivity index (χ1v) is 8.50. The third kappa shape index (κ3) is 3.67. The summed E-state index contributed by atoms with van der Waals surface area (Å²) in [5.74, 6) is -0.275. The molecule has 1 aromatic carbocycles. The molecule has 1 atom stereocenters. The Morgan fingerprint density at radius 1 is 1.30 bits per heavy atom. The van der Waals surface area contributed by atoms with Crippen molar-refractivity contribution >= 4 is 10.0 Å². The van der Waals surface area contributed by atoms with Crippen molar-refractivity contribution in [1.82, 2.24) is 19.5 Å². The van der Waals surface area contributed by atoms with Crippen LogP contribution in [-0.4, -0.2) is 30.3 Å². The van der Waals surface area contributed by atoms with E-state index in [2.05, 4.69) is 14.9 Å². The first-order chi connectivity index (χ1) is 10.8. The van der Waals surface area contributed by atoms with Crippen LogP contribution in [0, 0.1) is 5.82 Å². The average Bonchev–Trinajstić information content (AvgIpc) is 2.96. The van der Waals surface area contributed by atoms with Crippen LogP contribution in [0.25, 0.3) is 0 Å². The highest BCUT2D eigenvalue weighted by Crippen LogP contribution is 2.22. The lowest BCUT2D eigenvalue weighted by atomic mass is 10.3. The molecule has 0 aliphatic heterocycles. The number of rotatable bonds is 6. The standard InChI is InChI=1S/C14H19FN4O3S/c1-9(2)19-8-16-17-14(19)10(3)18-23(20,21)11-5-6-13(22-4)12(15)7-11/h5-10,18H,1-4H3/t10-/m0/s1.